The van der Waals surface area contributed by atoms with Crippen LogP contribution >= 0.6 is 0 Å². The maximum absolute atomic E-state index is 13.3. The minimum atomic E-state index is -4.49. The number of amidine groups is 1. The van der Waals surface area contributed by atoms with Gasteiger partial charge in [-0.2, -0.15) is 13.2 Å². The molecule has 1 saturated heterocycles. The number of piperazine rings is 1. The number of nitrogens with zero attached hydrogens (tertiary/aromatic N) is 3. The number of carbonyl (C=O) groups is 1. The minimum Gasteiger partial charge on any atom is -0.497 e. The van der Waals surface area contributed by atoms with Gasteiger partial charge in [-0.3, -0.25) is 4.79 Å². The smallest absolute Gasteiger partial charge is 0.416 e. The molecule has 0 saturated carbocycles. The van der Waals surface area contributed by atoms with E-state index in [0.29, 0.717) is 42.5 Å². The summed E-state index contributed by atoms with van der Waals surface area (Å²) in [7, 11) is 1.54. The van der Waals surface area contributed by atoms with Gasteiger partial charge < -0.3 is 19.3 Å². The zero-order valence-electron chi connectivity index (χ0n) is 17.4. The largest absolute Gasteiger partial charge is 0.497 e. The van der Waals surface area contributed by atoms with Gasteiger partial charge in [0.25, 0.3) is 0 Å². The van der Waals surface area contributed by atoms with Gasteiger partial charge in [0.15, 0.2) is 5.75 Å². The Kier molecular flexibility index (Phi) is 5.28. The number of alkyl halides is 3. The number of hydrogen-bond donors (Lipinski definition) is 0. The molecule has 2 aliphatic rings. The van der Waals surface area contributed by atoms with Gasteiger partial charge in [0.2, 0.25) is 5.91 Å². The normalized spacial score (nSPS) is 18.4. The molecule has 2 aliphatic heterocycles. The Morgan fingerprint density at radius 1 is 1.16 bits per heavy atom. The van der Waals surface area contributed by atoms with Gasteiger partial charge >= 0.3 is 6.18 Å². The van der Waals surface area contributed by atoms with E-state index in [1.165, 1.54) is 20.1 Å². The molecule has 1 atom stereocenters. The maximum atomic E-state index is 13.3. The summed E-state index contributed by atoms with van der Waals surface area (Å²) in [5.41, 5.74) is -0.0783. The van der Waals surface area contributed by atoms with Crippen molar-refractivity contribution >= 4 is 17.4 Å². The van der Waals surface area contributed by atoms with E-state index in [-0.39, 0.29) is 23.4 Å². The predicted octanol–water partition coefficient (Wildman–Crippen LogP) is 4.45. The van der Waals surface area contributed by atoms with Crippen molar-refractivity contribution in [2.45, 2.75) is 26.1 Å². The van der Waals surface area contributed by atoms with Gasteiger partial charge in [0, 0.05) is 32.6 Å². The molecule has 2 aromatic rings. The monoisotopic (exact) mass is 433 g/mol. The molecule has 2 heterocycles. The number of methoxy groups -OCH3 is 1. The molecule has 164 valence electrons. The topological polar surface area (TPSA) is 54.4 Å². The Labute approximate surface area is 177 Å². The Morgan fingerprint density at radius 3 is 2.55 bits per heavy atom. The quantitative estimate of drug-likeness (QED) is 0.667. The van der Waals surface area contributed by atoms with Crippen LogP contribution in [0.1, 0.15) is 25.0 Å². The second-order valence-electron chi connectivity index (χ2n) is 7.59. The Balaban J connectivity index is 1.82. The lowest BCUT2D eigenvalue weighted by molar-refractivity contribution is -0.137. The van der Waals surface area contributed by atoms with Crippen LogP contribution in [0.2, 0.25) is 0 Å². The summed E-state index contributed by atoms with van der Waals surface area (Å²) >= 11 is 0. The molecule has 0 aromatic heterocycles. The molecule has 0 radical (unpaired) electrons. The molecule has 0 unspecified atom stereocenters. The highest BCUT2D eigenvalue weighted by molar-refractivity contribution is 6.04. The van der Waals surface area contributed by atoms with Gasteiger partial charge in [0.05, 0.1) is 18.2 Å². The highest BCUT2D eigenvalue weighted by Gasteiger charge is 2.34. The van der Waals surface area contributed by atoms with E-state index in [1.807, 2.05) is 11.8 Å². The lowest BCUT2D eigenvalue weighted by Crippen LogP contribution is -2.55. The van der Waals surface area contributed by atoms with Gasteiger partial charge in [-0.25, -0.2) is 4.99 Å². The third-order valence-electron chi connectivity index (χ3n) is 5.49. The molecule has 2 aromatic carbocycles. The first-order chi connectivity index (χ1) is 14.7. The van der Waals surface area contributed by atoms with E-state index >= 15 is 0 Å². The molecule has 0 bridgehead atoms. The van der Waals surface area contributed by atoms with E-state index in [0.717, 1.165) is 12.1 Å². The third-order valence-corrected chi connectivity index (χ3v) is 5.49. The number of hydrogen-bond acceptors (Lipinski definition) is 5. The zero-order valence-corrected chi connectivity index (χ0v) is 17.4. The Morgan fingerprint density at radius 2 is 1.90 bits per heavy atom. The number of ether oxygens (including phenoxy) is 2. The molecule has 4 rings (SSSR count). The third kappa shape index (κ3) is 4.04. The van der Waals surface area contributed by atoms with Crippen LogP contribution in [0.5, 0.6) is 17.2 Å². The second-order valence-corrected chi connectivity index (χ2v) is 7.59. The molecule has 0 N–H and O–H groups in total. The van der Waals surface area contributed by atoms with Crippen LogP contribution in [0.25, 0.3) is 0 Å². The Hall–Kier alpha value is -3.23. The number of rotatable bonds is 1. The average Bonchev–Trinajstić information content (AvgIpc) is 2.88. The summed E-state index contributed by atoms with van der Waals surface area (Å²) in [6.45, 7) is 4.93. The molecule has 9 heteroatoms. The highest BCUT2D eigenvalue weighted by Crippen LogP contribution is 2.42. The minimum absolute atomic E-state index is 0.0134. The van der Waals surface area contributed by atoms with Gasteiger partial charge in [-0.05, 0) is 43.3 Å². The van der Waals surface area contributed by atoms with E-state index in [1.54, 1.807) is 23.1 Å². The first-order valence-corrected chi connectivity index (χ1v) is 9.85. The second kappa shape index (κ2) is 7.79. The van der Waals surface area contributed by atoms with Crippen molar-refractivity contribution in [2.75, 3.05) is 26.7 Å². The summed E-state index contributed by atoms with van der Waals surface area (Å²) in [5, 5.41) is 0. The standard InChI is InChI=1S/C22H22F3N3O3/c1-13-12-27(8-9-28(13)14(2)29)21-17-11-16(30-3)5-7-19(17)31-20-6-4-15(22(23,24)25)10-18(20)26-21/h4-7,10-11,13H,8-9,12H2,1-3H3/t13-/m1/s1. The number of aliphatic imine (C=N–C) groups is 1. The summed E-state index contributed by atoms with van der Waals surface area (Å²) in [4.78, 5) is 20.2. The highest BCUT2D eigenvalue weighted by atomic mass is 19.4. The number of benzene rings is 2. The fourth-order valence-corrected chi connectivity index (χ4v) is 3.92. The molecule has 31 heavy (non-hydrogen) atoms. The van der Waals surface area contributed by atoms with Gasteiger partial charge in [-0.15, -0.1) is 0 Å². The Bertz CT molecular complexity index is 1050. The predicted molar refractivity (Wildman–Crippen MR) is 109 cm³/mol. The van der Waals surface area contributed by atoms with Crippen LogP contribution in [0.4, 0.5) is 18.9 Å². The van der Waals surface area contributed by atoms with Crippen molar-refractivity contribution in [3.8, 4) is 17.2 Å². The van der Waals surface area contributed by atoms with E-state index < -0.39 is 11.7 Å². The molecule has 0 aliphatic carbocycles. The average molecular weight is 433 g/mol. The summed E-state index contributed by atoms with van der Waals surface area (Å²) in [6.07, 6.45) is -4.49. The van der Waals surface area contributed by atoms with Gasteiger partial charge in [-0.1, -0.05) is 0 Å². The van der Waals surface area contributed by atoms with E-state index in [4.69, 9.17) is 9.47 Å². The van der Waals surface area contributed by atoms with Crippen LogP contribution in [0.3, 0.4) is 0 Å². The van der Waals surface area contributed by atoms with Crippen molar-refractivity contribution in [2.24, 2.45) is 4.99 Å². The lowest BCUT2D eigenvalue weighted by Gasteiger charge is -2.40. The van der Waals surface area contributed by atoms with E-state index in [9.17, 15) is 18.0 Å². The van der Waals surface area contributed by atoms with E-state index in [2.05, 4.69) is 4.99 Å². The first kappa shape index (κ1) is 21.0. The molecule has 1 fully saturated rings. The fourth-order valence-electron chi connectivity index (χ4n) is 3.92. The zero-order chi connectivity index (χ0) is 22.3. The van der Waals surface area contributed by atoms with Crippen LogP contribution in [-0.2, 0) is 11.0 Å². The maximum Gasteiger partial charge on any atom is 0.416 e. The summed E-state index contributed by atoms with van der Waals surface area (Å²) in [6, 6.07) is 8.38. The first-order valence-electron chi connectivity index (χ1n) is 9.85. The molecule has 1 amide bonds. The molecule has 6 nitrogen and oxygen atoms in total. The lowest BCUT2D eigenvalue weighted by atomic mass is 10.1. The summed E-state index contributed by atoms with van der Waals surface area (Å²) in [5.74, 6) is 1.76. The van der Waals surface area contributed by atoms with Crippen molar-refractivity contribution in [3.63, 3.8) is 0 Å². The van der Waals surface area contributed by atoms with Crippen LogP contribution < -0.4 is 9.47 Å². The number of carbonyl (C=O) groups excluding carboxylic acids is 1. The molecule has 0 spiro atoms. The van der Waals surface area contributed by atoms with Crippen molar-refractivity contribution in [1.29, 1.82) is 0 Å². The molecular weight excluding hydrogens is 411 g/mol. The van der Waals surface area contributed by atoms with Crippen LogP contribution in [0, 0.1) is 0 Å². The number of amides is 1. The van der Waals surface area contributed by atoms with Crippen molar-refractivity contribution in [1.82, 2.24) is 9.80 Å². The molecular formula is C22H22F3N3O3. The van der Waals surface area contributed by atoms with Crippen LogP contribution in [0.15, 0.2) is 41.4 Å². The fraction of sp³-hybridized carbons (Fsp3) is 0.364. The van der Waals surface area contributed by atoms with Crippen LogP contribution in [-0.4, -0.2) is 54.3 Å². The number of fused-ring (bicyclic) bond motifs is 2. The summed E-state index contributed by atoms with van der Waals surface area (Å²) < 4.78 is 51.2. The van der Waals surface area contributed by atoms with Crippen molar-refractivity contribution < 1.29 is 27.4 Å². The van der Waals surface area contributed by atoms with Gasteiger partial charge in [0.1, 0.15) is 23.0 Å². The SMILES string of the molecule is COc1ccc2c(c1)C(N1CCN(C(C)=O)[C@H](C)C1)=Nc1cc(C(F)(F)F)ccc1O2. The van der Waals surface area contributed by atoms with Crippen molar-refractivity contribution in [3.05, 3.63) is 47.5 Å². The number of halogens is 3.